The summed E-state index contributed by atoms with van der Waals surface area (Å²) in [6, 6.07) is 9.52. The summed E-state index contributed by atoms with van der Waals surface area (Å²) in [5.41, 5.74) is 1.01. The largest absolute Gasteiger partial charge is 0.466 e. The number of nitrogens with one attached hydrogen (secondary N) is 1. The molecule has 4 nitrogen and oxygen atoms in total. The van der Waals surface area contributed by atoms with Gasteiger partial charge < -0.3 is 15.2 Å². The minimum absolute atomic E-state index is 0.000438. The molecule has 1 rings (SSSR count). The molecular weight excluding hydrogens is 230 g/mol. The zero-order valence-corrected chi connectivity index (χ0v) is 10.9. The van der Waals surface area contributed by atoms with Gasteiger partial charge in [0.25, 0.3) is 0 Å². The van der Waals surface area contributed by atoms with Crippen molar-refractivity contribution in [2.45, 2.75) is 19.9 Å². The van der Waals surface area contributed by atoms with Crippen LogP contribution in [0.15, 0.2) is 30.3 Å². The number of aliphatic hydroxyl groups excluding tert-OH is 1. The second kappa shape index (κ2) is 7.84. The van der Waals surface area contributed by atoms with Crippen molar-refractivity contribution >= 4 is 5.97 Å². The summed E-state index contributed by atoms with van der Waals surface area (Å²) in [5.74, 6) is -0.433. The highest BCUT2D eigenvalue weighted by Crippen LogP contribution is 2.12. The molecule has 18 heavy (non-hydrogen) atoms. The fourth-order valence-electron chi connectivity index (χ4n) is 1.66. The highest BCUT2D eigenvalue weighted by atomic mass is 16.5. The first-order valence-corrected chi connectivity index (χ1v) is 6.24. The Kier molecular flexibility index (Phi) is 6.39. The summed E-state index contributed by atoms with van der Waals surface area (Å²) in [7, 11) is 0. The van der Waals surface area contributed by atoms with E-state index < -0.39 is 0 Å². The molecular formula is C14H21NO3. The number of benzene rings is 1. The molecule has 1 aromatic rings. The first-order valence-electron chi connectivity index (χ1n) is 6.24. The van der Waals surface area contributed by atoms with Crippen molar-refractivity contribution in [3.05, 3.63) is 35.9 Å². The van der Waals surface area contributed by atoms with Gasteiger partial charge in [-0.1, -0.05) is 37.3 Å². The first kappa shape index (κ1) is 14.7. The summed E-state index contributed by atoms with van der Waals surface area (Å²) < 4.78 is 4.93. The van der Waals surface area contributed by atoms with E-state index in [2.05, 4.69) is 5.32 Å². The fourth-order valence-corrected chi connectivity index (χ4v) is 1.66. The Morgan fingerprint density at radius 2 is 2.06 bits per heavy atom. The van der Waals surface area contributed by atoms with E-state index in [0.29, 0.717) is 13.2 Å². The molecule has 0 radical (unpaired) electrons. The quantitative estimate of drug-likeness (QED) is 0.721. The number of ether oxygens (including phenoxy) is 1. The lowest BCUT2D eigenvalue weighted by Gasteiger charge is -2.19. The van der Waals surface area contributed by atoms with E-state index in [-0.39, 0.29) is 24.5 Å². The first-order chi connectivity index (χ1) is 8.69. The molecule has 2 atom stereocenters. The Morgan fingerprint density at radius 1 is 1.39 bits per heavy atom. The van der Waals surface area contributed by atoms with Gasteiger partial charge >= 0.3 is 5.97 Å². The topological polar surface area (TPSA) is 58.6 Å². The van der Waals surface area contributed by atoms with E-state index in [1.165, 1.54) is 0 Å². The predicted molar refractivity (Wildman–Crippen MR) is 70.1 cm³/mol. The Bertz CT molecular complexity index is 353. The molecule has 0 saturated carbocycles. The highest BCUT2D eigenvalue weighted by molar-refractivity contribution is 5.72. The third kappa shape index (κ3) is 4.47. The molecule has 2 N–H and O–H groups in total. The Morgan fingerprint density at radius 3 is 2.61 bits per heavy atom. The zero-order valence-electron chi connectivity index (χ0n) is 10.9. The van der Waals surface area contributed by atoms with Crippen molar-refractivity contribution in [2.24, 2.45) is 5.92 Å². The Hall–Kier alpha value is -1.39. The average Bonchev–Trinajstić information content (AvgIpc) is 2.40. The van der Waals surface area contributed by atoms with E-state index in [4.69, 9.17) is 4.74 Å². The van der Waals surface area contributed by atoms with Gasteiger partial charge in [0.1, 0.15) is 0 Å². The van der Waals surface area contributed by atoms with Crippen LogP contribution in [0.25, 0.3) is 0 Å². The molecule has 2 unspecified atom stereocenters. The van der Waals surface area contributed by atoms with Gasteiger partial charge in [0.2, 0.25) is 0 Å². The minimum atomic E-state index is -0.220. The Labute approximate surface area is 108 Å². The molecule has 0 bridgehead atoms. The van der Waals surface area contributed by atoms with Crippen molar-refractivity contribution in [3.63, 3.8) is 0 Å². The molecule has 0 aromatic heterocycles. The molecule has 0 heterocycles. The summed E-state index contributed by atoms with van der Waals surface area (Å²) in [4.78, 5) is 11.5. The van der Waals surface area contributed by atoms with Crippen LogP contribution in [0.3, 0.4) is 0 Å². The summed E-state index contributed by atoms with van der Waals surface area (Å²) >= 11 is 0. The van der Waals surface area contributed by atoms with Crippen LogP contribution in [-0.4, -0.2) is 30.8 Å². The summed E-state index contributed by atoms with van der Waals surface area (Å²) in [6.45, 7) is 4.48. The van der Waals surface area contributed by atoms with Gasteiger partial charge in [-0.25, -0.2) is 0 Å². The van der Waals surface area contributed by atoms with Gasteiger partial charge in [0.05, 0.1) is 25.2 Å². The maximum Gasteiger partial charge on any atom is 0.309 e. The summed E-state index contributed by atoms with van der Waals surface area (Å²) in [6.07, 6.45) is 0. The molecule has 1 aromatic carbocycles. The summed E-state index contributed by atoms with van der Waals surface area (Å²) in [5, 5.41) is 12.5. The lowest BCUT2D eigenvalue weighted by molar-refractivity contribution is -0.147. The SMILES string of the molecule is CCOC(=O)C(C)CNC(CO)c1ccccc1. The maximum absolute atomic E-state index is 11.5. The number of carbonyl (C=O) groups is 1. The predicted octanol–water partition coefficient (Wildman–Crippen LogP) is 1.51. The van der Waals surface area contributed by atoms with Crippen molar-refractivity contribution in [2.75, 3.05) is 19.8 Å². The molecule has 0 saturated heterocycles. The van der Waals surface area contributed by atoms with Gasteiger partial charge in [-0.05, 0) is 12.5 Å². The number of esters is 1. The second-order valence-corrected chi connectivity index (χ2v) is 4.21. The molecule has 0 amide bonds. The molecule has 4 heteroatoms. The Balaban J connectivity index is 2.48. The van der Waals surface area contributed by atoms with Crippen LogP contribution in [-0.2, 0) is 9.53 Å². The molecule has 0 fully saturated rings. The van der Waals surface area contributed by atoms with Crippen molar-refractivity contribution in [3.8, 4) is 0 Å². The van der Waals surface area contributed by atoms with Crippen molar-refractivity contribution in [1.82, 2.24) is 5.32 Å². The second-order valence-electron chi connectivity index (χ2n) is 4.21. The van der Waals surface area contributed by atoms with Gasteiger partial charge in [-0.15, -0.1) is 0 Å². The van der Waals surface area contributed by atoms with E-state index in [0.717, 1.165) is 5.56 Å². The van der Waals surface area contributed by atoms with Crippen LogP contribution in [0, 0.1) is 5.92 Å². The molecule has 0 aliphatic carbocycles. The molecule has 100 valence electrons. The lowest BCUT2D eigenvalue weighted by atomic mass is 10.1. The fraction of sp³-hybridized carbons (Fsp3) is 0.500. The maximum atomic E-state index is 11.5. The van der Waals surface area contributed by atoms with E-state index in [1.54, 1.807) is 6.92 Å². The van der Waals surface area contributed by atoms with E-state index in [1.807, 2.05) is 37.3 Å². The third-order valence-corrected chi connectivity index (χ3v) is 2.74. The van der Waals surface area contributed by atoms with Crippen LogP contribution in [0.4, 0.5) is 0 Å². The number of carbonyl (C=O) groups excluding carboxylic acids is 1. The van der Waals surface area contributed by atoms with Gasteiger partial charge in [-0.3, -0.25) is 4.79 Å². The van der Waals surface area contributed by atoms with Crippen LogP contribution in [0.1, 0.15) is 25.5 Å². The van der Waals surface area contributed by atoms with Gasteiger partial charge in [-0.2, -0.15) is 0 Å². The lowest BCUT2D eigenvalue weighted by Crippen LogP contribution is -2.32. The monoisotopic (exact) mass is 251 g/mol. The number of hydrogen-bond acceptors (Lipinski definition) is 4. The van der Waals surface area contributed by atoms with E-state index in [9.17, 15) is 9.90 Å². The smallest absolute Gasteiger partial charge is 0.309 e. The van der Waals surface area contributed by atoms with Crippen molar-refractivity contribution < 1.29 is 14.6 Å². The zero-order chi connectivity index (χ0) is 13.4. The van der Waals surface area contributed by atoms with Crippen LogP contribution in [0.2, 0.25) is 0 Å². The van der Waals surface area contributed by atoms with Crippen molar-refractivity contribution in [1.29, 1.82) is 0 Å². The van der Waals surface area contributed by atoms with Crippen LogP contribution >= 0.6 is 0 Å². The minimum Gasteiger partial charge on any atom is -0.466 e. The molecule has 0 aliphatic heterocycles. The standard InChI is InChI=1S/C14H21NO3/c1-3-18-14(17)11(2)9-15-13(10-16)12-7-5-4-6-8-12/h4-8,11,13,15-16H,3,9-10H2,1-2H3. The molecule has 0 spiro atoms. The highest BCUT2D eigenvalue weighted by Gasteiger charge is 2.16. The number of rotatable bonds is 7. The van der Waals surface area contributed by atoms with Gasteiger partial charge in [0.15, 0.2) is 0 Å². The van der Waals surface area contributed by atoms with Gasteiger partial charge in [0, 0.05) is 6.54 Å². The third-order valence-electron chi connectivity index (χ3n) is 2.74. The average molecular weight is 251 g/mol. The number of aliphatic hydroxyl groups is 1. The van der Waals surface area contributed by atoms with E-state index >= 15 is 0 Å². The molecule has 0 aliphatic rings. The normalized spacial score (nSPS) is 13.9. The van der Waals surface area contributed by atoms with Crippen LogP contribution < -0.4 is 5.32 Å². The number of hydrogen-bond donors (Lipinski definition) is 2. The van der Waals surface area contributed by atoms with Crippen LogP contribution in [0.5, 0.6) is 0 Å².